The number of pyridine rings is 1. The molecule has 0 spiro atoms. The van der Waals surface area contributed by atoms with Gasteiger partial charge in [0.1, 0.15) is 5.82 Å². The van der Waals surface area contributed by atoms with Crippen molar-refractivity contribution in [3.63, 3.8) is 0 Å². The third kappa shape index (κ3) is 2.84. The number of halogens is 1. The molecule has 5 rings (SSSR count). The van der Waals surface area contributed by atoms with Gasteiger partial charge in [-0.25, -0.2) is 19.0 Å². The Hall–Kier alpha value is -3.87. The van der Waals surface area contributed by atoms with Crippen LogP contribution in [-0.2, 0) is 0 Å². The van der Waals surface area contributed by atoms with E-state index in [1.54, 1.807) is 35.9 Å². The zero-order valence-corrected chi connectivity index (χ0v) is 17.3. The highest BCUT2D eigenvalue weighted by molar-refractivity contribution is 6.37. The summed E-state index contributed by atoms with van der Waals surface area (Å²) in [4.78, 5) is 32.1. The van der Waals surface area contributed by atoms with E-state index in [0.29, 0.717) is 39.6 Å². The molecule has 31 heavy (non-hydrogen) atoms. The SMILES string of the molecule is Cc1nn(-c2ccc(F)cc2)c2ncc3c(c12)C(=O)N(c1ccc(C(C)C)cc1)C3=O. The van der Waals surface area contributed by atoms with Gasteiger partial charge in [0.15, 0.2) is 5.65 Å². The maximum atomic E-state index is 13.4. The van der Waals surface area contributed by atoms with Crippen molar-refractivity contribution in [1.29, 1.82) is 0 Å². The van der Waals surface area contributed by atoms with Crippen LogP contribution in [-0.4, -0.2) is 26.6 Å². The molecule has 2 aromatic carbocycles. The van der Waals surface area contributed by atoms with Crippen molar-refractivity contribution in [2.75, 3.05) is 4.90 Å². The molecule has 154 valence electrons. The molecule has 0 radical (unpaired) electrons. The minimum Gasteiger partial charge on any atom is -0.268 e. The Morgan fingerprint density at radius 1 is 0.903 bits per heavy atom. The van der Waals surface area contributed by atoms with Crippen LogP contribution in [0.1, 0.15) is 51.7 Å². The number of rotatable bonds is 3. The van der Waals surface area contributed by atoms with Crippen molar-refractivity contribution in [2.45, 2.75) is 26.7 Å². The minimum atomic E-state index is -0.402. The van der Waals surface area contributed by atoms with Crippen LogP contribution in [0, 0.1) is 12.7 Å². The van der Waals surface area contributed by atoms with Gasteiger partial charge in [0.2, 0.25) is 0 Å². The second-order valence-electron chi connectivity index (χ2n) is 7.91. The molecule has 2 aromatic heterocycles. The van der Waals surface area contributed by atoms with E-state index >= 15 is 0 Å². The first-order chi connectivity index (χ1) is 14.9. The predicted molar refractivity (Wildman–Crippen MR) is 115 cm³/mol. The van der Waals surface area contributed by atoms with E-state index in [-0.39, 0.29) is 11.4 Å². The summed E-state index contributed by atoms with van der Waals surface area (Å²) in [6.45, 7) is 5.93. The number of hydrogen-bond acceptors (Lipinski definition) is 4. The zero-order chi connectivity index (χ0) is 21.9. The van der Waals surface area contributed by atoms with Crippen LogP contribution in [0.4, 0.5) is 10.1 Å². The van der Waals surface area contributed by atoms with E-state index < -0.39 is 11.8 Å². The molecule has 0 N–H and O–H groups in total. The van der Waals surface area contributed by atoms with Crippen LogP contribution < -0.4 is 4.90 Å². The van der Waals surface area contributed by atoms with Crippen LogP contribution in [0.5, 0.6) is 0 Å². The molecule has 0 aliphatic carbocycles. The number of anilines is 1. The van der Waals surface area contributed by atoms with Crippen molar-refractivity contribution in [1.82, 2.24) is 14.8 Å². The van der Waals surface area contributed by atoms with Crippen molar-refractivity contribution < 1.29 is 14.0 Å². The summed E-state index contributed by atoms with van der Waals surface area (Å²) in [5.41, 5.74) is 3.84. The van der Waals surface area contributed by atoms with Gasteiger partial charge in [0.25, 0.3) is 11.8 Å². The molecule has 0 fully saturated rings. The molecule has 2 amide bonds. The summed E-state index contributed by atoms with van der Waals surface area (Å²) >= 11 is 0. The quantitative estimate of drug-likeness (QED) is 0.452. The number of carbonyl (C=O) groups excluding carboxylic acids is 2. The lowest BCUT2D eigenvalue weighted by Crippen LogP contribution is -2.29. The fraction of sp³-hybridized carbons (Fsp3) is 0.167. The second kappa shape index (κ2) is 6.84. The van der Waals surface area contributed by atoms with E-state index in [4.69, 9.17) is 0 Å². The Balaban J connectivity index is 1.64. The summed E-state index contributed by atoms with van der Waals surface area (Å²) in [7, 11) is 0. The highest BCUT2D eigenvalue weighted by atomic mass is 19.1. The number of carbonyl (C=O) groups is 2. The molecule has 0 saturated carbocycles. The van der Waals surface area contributed by atoms with E-state index in [9.17, 15) is 14.0 Å². The Bertz CT molecular complexity index is 1360. The van der Waals surface area contributed by atoms with Gasteiger partial charge in [-0.15, -0.1) is 0 Å². The second-order valence-corrected chi connectivity index (χ2v) is 7.91. The smallest absolute Gasteiger partial charge is 0.267 e. The van der Waals surface area contributed by atoms with Gasteiger partial charge < -0.3 is 0 Å². The monoisotopic (exact) mass is 414 g/mol. The first-order valence-electron chi connectivity index (χ1n) is 10.00. The number of benzene rings is 2. The Morgan fingerprint density at radius 2 is 1.55 bits per heavy atom. The fourth-order valence-corrected chi connectivity index (χ4v) is 3.97. The third-order valence-electron chi connectivity index (χ3n) is 5.61. The van der Waals surface area contributed by atoms with Crippen molar-refractivity contribution in [3.05, 3.63) is 82.9 Å². The maximum absolute atomic E-state index is 13.4. The fourth-order valence-electron chi connectivity index (χ4n) is 3.97. The molecule has 7 heteroatoms. The van der Waals surface area contributed by atoms with Crippen LogP contribution >= 0.6 is 0 Å². The van der Waals surface area contributed by atoms with Crippen LogP contribution in [0.2, 0.25) is 0 Å². The van der Waals surface area contributed by atoms with Crippen molar-refractivity contribution in [2.24, 2.45) is 0 Å². The van der Waals surface area contributed by atoms with Gasteiger partial charge in [-0.3, -0.25) is 9.59 Å². The third-order valence-corrected chi connectivity index (χ3v) is 5.61. The lowest BCUT2D eigenvalue weighted by molar-refractivity contribution is 0.0926. The van der Waals surface area contributed by atoms with Crippen LogP contribution in [0.15, 0.2) is 54.7 Å². The molecule has 0 atom stereocenters. The molecule has 0 unspecified atom stereocenters. The summed E-state index contributed by atoms with van der Waals surface area (Å²) < 4.78 is 14.9. The van der Waals surface area contributed by atoms with Gasteiger partial charge >= 0.3 is 0 Å². The highest BCUT2D eigenvalue weighted by Gasteiger charge is 2.40. The molecule has 0 saturated heterocycles. The number of hydrogen-bond donors (Lipinski definition) is 0. The molecule has 1 aliphatic heterocycles. The normalized spacial score (nSPS) is 13.5. The number of nitrogens with zero attached hydrogens (tertiary/aromatic N) is 4. The first-order valence-corrected chi connectivity index (χ1v) is 10.00. The summed E-state index contributed by atoms with van der Waals surface area (Å²) in [6.07, 6.45) is 1.42. The van der Waals surface area contributed by atoms with Crippen LogP contribution in [0.25, 0.3) is 16.7 Å². The molecule has 0 bridgehead atoms. The summed E-state index contributed by atoms with van der Waals surface area (Å²) in [5, 5.41) is 5.03. The van der Waals surface area contributed by atoms with E-state index in [0.717, 1.165) is 5.56 Å². The summed E-state index contributed by atoms with van der Waals surface area (Å²) in [5.74, 6) is -0.808. The maximum Gasteiger partial charge on any atom is 0.267 e. The van der Waals surface area contributed by atoms with E-state index in [2.05, 4.69) is 23.9 Å². The largest absolute Gasteiger partial charge is 0.268 e. The lowest BCUT2D eigenvalue weighted by Gasteiger charge is -2.15. The molecule has 6 nitrogen and oxygen atoms in total. The Labute approximate surface area is 177 Å². The topological polar surface area (TPSA) is 68.1 Å². The highest BCUT2D eigenvalue weighted by Crippen LogP contribution is 2.35. The lowest BCUT2D eigenvalue weighted by atomic mass is 10.0. The van der Waals surface area contributed by atoms with Crippen molar-refractivity contribution in [3.8, 4) is 5.69 Å². The number of aromatic nitrogens is 3. The van der Waals surface area contributed by atoms with Gasteiger partial charge in [0.05, 0.1) is 33.6 Å². The van der Waals surface area contributed by atoms with Gasteiger partial charge in [-0.05, 0) is 54.8 Å². The Kier molecular flexibility index (Phi) is 4.22. The van der Waals surface area contributed by atoms with Gasteiger partial charge in [0, 0.05) is 6.20 Å². The predicted octanol–water partition coefficient (Wildman–Crippen LogP) is 4.79. The zero-order valence-electron chi connectivity index (χ0n) is 17.3. The van der Waals surface area contributed by atoms with Crippen molar-refractivity contribution >= 4 is 28.5 Å². The molecular formula is C24H19FN4O2. The van der Waals surface area contributed by atoms with Gasteiger partial charge in [-0.2, -0.15) is 5.10 Å². The van der Waals surface area contributed by atoms with E-state index in [1.807, 2.05) is 12.1 Å². The Morgan fingerprint density at radius 3 is 2.19 bits per heavy atom. The van der Waals surface area contributed by atoms with Crippen LogP contribution in [0.3, 0.4) is 0 Å². The first kappa shape index (κ1) is 19.1. The number of imide groups is 1. The average Bonchev–Trinajstić information content (AvgIpc) is 3.23. The number of amides is 2. The summed E-state index contributed by atoms with van der Waals surface area (Å²) in [6, 6.07) is 13.3. The molecule has 4 aromatic rings. The molecule has 3 heterocycles. The van der Waals surface area contributed by atoms with Gasteiger partial charge in [-0.1, -0.05) is 26.0 Å². The minimum absolute atomic E-state index is 0.257. The standard InChI is InChI=1S/C24H19FN4O2/c1-13(2)15-4-8-17(9-5-15)28-23(30)19-12-26-22-20(21(19)24(28)31)14(3)27-29(22)18-10-6-16(25)7-11-18/h4-13H,1-3H3. The van der Waals surface area contributed by atoms with E-state index in [1.165, 1.54) is 23.2 Å². The molecular weight excluding hydrogens is 395 g/mol. The number of fused-ring (bicyclic) bond motifs is 3. The number of aryl methyl sites for hydroxylation is 1. The average molecular weight is 414 g/mol. The molecule has 1 aliphatic rings.